The van der Waals surface area contributed by atoms with Gasteiger partial charge in [0.15, 0.2) is 0 Å². The molecule has 2 rings (SSSR count). The molecular weight excluding hydrogens is 216 g/mol. The monoisotopic (exact) mass is 234 g/mol. The van der Waals surface area contributed by atoms with E-state index in [0.717, 1.165) is 26.1 Å². The summed E-state index contributed by atoms with van der Waals surface area (Å²) in [6.07, 6.45) is 0.945. The highest BCUT2D eigenvalue weighted by atomic mass is 16.3. The van der Waals surface area contributed by atoms with Crippen LogP contribution in [0, 0.1) is 0 Å². The molecule has 4 heteroatoms. The van der Waals surface area contributed by atoms with E-state index in [0.29, 0.717) is 6.54 Å². The number of nitrogens with zero attached hydrogens (tertiary/aromatic N) is 2. The van der Waals surface area contributed by atoms with Gasteiger partial charge in [-0.3, -0.25) is 4.79 Å². The lowest BCUT2D eigenvalue weighted by atomic mass is 10.3. The highest BCUT2D eigenvalue weighted by Gasteiger charge is 2.18. The van der Waals surface area contributed by atoms with Gasteiger partial charge in [-0.15, -0.1) is 0 Å². The minimum Gasteiger partial charge on any atom is -0.387 e. The first-order valence-electron chi connectivity index (χ1n) is 6.00. The molecule has 0 saturated carbocycles. The zero-order chi connectivity index (χ0) is 12.1. The number of rotatable bonds is 2. The van der Waals surface area contributed by atoms with Gasteiger partial charge in [0.05, 0.1) is 0 Å². The lowest BCUT2D eigenvalue weighted by Crippen LogP contribution is -2.36. The van der Waals surface area contributed by atoms with Crippen LogP contribution in [-0.2, 0) is 4.79 Å². The van der Waals surface area contributed by atoms with E-state index in [2.05, 4.69) is 17.0 Å². The maximum atomic E-state index is 11.4. The minimum absolute atomic E-state index is 0.167. The Morgan fingerprint density at radius 3 is 2.59 bits per heavy atom. The third-order valence-electron chi connectivity index (χ3n) is 3.11. The van der Waals surface area contributed by atoms with Crippen molar-refractivity contribution in [2.45, 2.75) is 6.42 Å². The van der Waals surface area contributed by atoms with Crippen molar-refractivity contribution in [1.82, 2.24) is 4.90 Å². The summed E-state index contributed by atoms with van der Waals surface area (Å²) in [5.41, 5.74) is 1.20. The van der Waals surface area contributed by atoms with Gasteiger partial charge < -0.3 is 14.9 Å². The maximum Gasteiger partial charge on any atom is 0.248 e. The van der Waals surface area contributed by atoms with Crippen molar-refractivity contribution in [3.05, 3.63) is 30.3 Å². The number of para-hydroxylation sites is 1. The number of anilines is 1. The summed E-state index contributed by atoms with van der Waals surface area (Å²) in [6, 6.07) is 10.2. The highest BCUT2D eigenvalue weighted by molar-refractivity contribution is 5.77. The van der Waals surface area contributed by atoms with Gasteiger partial charge in [-0.25, -0.2) is 0 Å². The molecule has 0 unspecified atom stereocenters. The predicted molar refractivity (Wildman–Crippen MR) is 66.9 cm³/mol. The fraction of sp³-hybridized carbons (Fsp3) is 0.462. The summed E-state index contributed by atoms with van der Waals surface area (Å²) in [5.74, 6) is -0.167. The molecular formula is C13H18N2O2. The molecule has 1 fully saturated rings. The third kappa shape index (κ3) is 2.97. The van der Waals surface area contributed by atoms with Crippen molar-refractivity contribution in [3.63, 3.8) is 0 Å². The quantitative estimate of drug-likeness (QED) is 0.820. The van der Waals surface area contributed by atoms with Gasteiger partial charge >= 0.3 is 0 Å². The lowest BCUT2D eigenvalue weighted by molar-refractivity contribution is -0.133. The third-order valence-corrected chi connectivity index (χ3v) is 3.11. The maximum absolute atomic E-state index is 11.4. The molecule has 0 aliphatic carbocycles. The Morgan fingerprint density at radius 1 is 1.12 bits per heavy atom. The van der Waals surface area contributed by atoms with Crippen molar-refractivity contribution >= 4 is 11.6 Å². The van der Waals surface area contributed by atoms with E-state index in [1.165, 1.54) is 5.69 Å². The van der Waals surface area contributed by atoms with Crippen molar-refractivity contribution in [1.29, 1.82) is 0 Å². The summed E-state index contributed by atoms with van der Waals surface area (Å²) in [4.78, 5) is 15.4. The van der Waals surface area contributed by atoms with E-state index in [-0.39, 0.29) is 12.5 Å². The first kappa shape index (κ1) is 11.9. The Hall–Kier alpha value is -1.55. The normalized spacial score (nSPS) is 16.8. The van der Waals surface area contributed by atoms with Gasteiger partial charge in [0, 0.05) is 31.9 Å². The van der Waals surface area contributed by atoms with Gasteiger partial charge in [-0.05, 0) is 18.6 Å². The molecule has 1 N–H and O–H groups in total. The van der Waals surface area contributed by atoms with Crippen LogP contribution < -0.4 is 4.90 Å². The second-order valence-electron chi connectivity index (χ2n) is 4.22. The van der Waals surface area contributed by atoms with Gasteiger partial charge in [0.1, 0.15) is 6.61 Å². The Kier molecular flexibility index (Phi) is 3.98. The summed E-state index contributed by atoms with van der Waals surface area (Å²) in [6.45, 7) is 2.83. The van der Waals surface area contributed by atoms with Gasteiger partial charge in [0.25, 0.3) is 0 Å². The van der Waals surface area contributed by atoms with Crippen LogP contribution in [0.2, 0.25) is 0 Å². The van der Waals surface area contributed by atoms with Crippen LogP contribution in [0.5, 0.6) is 0 Å². The minimum atomic E-state index is -0.384. The van der Waals surface area contributed by atoms with E-state index in [1.807, 2.05) is 18.2 Å². The number of aliphatic hydroxyl groups is 1. The second kappa shape index (κ2) is 5.68. The van der Waals surface area contributed by atoms with Crippen LogP contribution in [-0.4, -0.2) is 48.7 Å². The molecule has 92 valence electrons. The fourth-order valence-electron chi connectivity index (χ4n) is 2.16. The molecule has 4 nitrogen and oxygen atoms in total. The van der Waals surface area contributed by atoms with Crippen LogP contribution >= 0.6 is 0 Å². The summed E-state index contributed by atoms with van der Waals surface area (Å²) in [5, 5.41) is 8.86. The number of hydrogen-bond donors (Lipinski definition) is 1. The fourth-order valence-corrected chi connectivity index (χ4v) is 2.16. The van der Waals surface area contributed by atoms with Crippen molar-refractivity contribution < 1.29 is 9.90 Å². The second-order valence-corrected chi connectivity index (χ2v) is 4.22. The standard InChI is InChI=1S/C13H18N2O2/c16-11-13(17)15-8-4-7-14(9-10-15)12-5-2-1-3-6-12/h1-3,5-6,16H,4,7-11H2. The molecule has 1 aromatic carbocycles. The van der Waals surface area contributed by atoms with Crippen molar-refractivity contribution in [3.8, 4) is 0 Å². The van der Waals surface area contributed by atoms with Crippen molar-refractivity contribution in [2.75, 3.05) is 37.7 Å². The molecule has 0 atom stereocenters. The highest BCUT2D eigenvalue weighted by Crippen LogP contribution is 2.15. The molecule has 0 bridgehead atoms. The first-order valence-corrected chi connectivity index (χ1v) is 6.00. The molecule has 1 aliphatic heterocycles. The molecule has 0 radical (unpaired) electrons. The number of hydrogen-bond acceptors (Lipinski definition) is 3. The SMILES string of the molecule is O=C(CO)N1CCCN(c2ccccc2)CC1. The van der Waals surface area contributed by atoms with E-state index < -0.39 is 0 Å². The van der Waals surface area contributed by atoms with Crippen LogP contribution in [0.4, 0.5) is 5.69 Å². The largest absolute Gasteiger partial charge is 0.387 e. The van der Waals surface area contributed by atoms with E-state index in [1.54, 1.807) is 4.90 Å². The van der Waals surface area contributed by atoms with Gasteiger partial charge in [-0.1, -0.05) is 18.2 Å². The van der Waals surface area contributed by atoms with Crippen LogP contribution in [0.15, 0.2) is 30.3 Å². The lowest BCUT2D eigenvalue weighted by Gasteiger charge is -2.23. The number of benzene rings is 1. The zero-order valence-corrected chi connectivity index (χ0v) is 9.88. The average Bonchev–Trinajstić information content (AvgIpc) is 2.64. The van der Waals surface area contributed by atoms with Gasteiger partial charge in [-0.2, -0.15) is 0 Å². The molecule has 1 amide bonds. The molecule has 1 saturated heterocycles. The Morgan fingerprint density at radius 2 is 1.88 bits per heavy atom. The van der Waals surface area contributed by atoms with E-state index >= 15 is 0 Å². The molecule has 1 aliphatic rings. The average molecular weight is 234 g/mol. The molecule has 1 heterocycles. The topological polar surface area (TPSA) is 43.8 Å². The van der Waals surface area contributed by atoms with E-state index in [4.69, 9.17) is 5.11 Å². The first-order chi connectivity index (χ1) is 8.31. The van der Waals surface area contributed by atoms with E-state index in [9.17, 15) is 4.79 Å². The number of amides is 1. The summed E-state index contributed by atoms with van der Waals surface area (Å²) < 4.78 is 0. The zero-order valence-electron chi connectivity index (χ0n) is 9.88. The number of aliphatic hydroxyl groups excluding tert-OH is 1. The van der Waals surface area contributed by atoms with Crippen LogP contribution in [0.3, 0.4) is 0 Å². The number of carbonyl (C=O) groups excluding carboxylic acids is 1. The summed E-state index contributed by atoms with van der Waals surface area (Å²) in [7, 11) is 0. The van der Waals surface area contributed by atoms with Gasteiger partial charge in [0.2, 0.25) is 5.91 Å². The number of carbonyl (C=O) groups is 1. The Labute approximate surface area is 101 Å². The van der Waals surface area contributed by atoms with Crippen molar-refractivity contribution in [2.24, 2.45) is 0 Å². The van der Waals surface area contributed by atoms with Crippen LogP contribution in [0.1, 0.15) is 6.42 Å². The van der Waals surface area contributed by atoms with Crippen LogP contribution in [0.25, 0.3) is 0 Å². The Balaban J connectivity index is 1.99. The molecule has 0 spiro atoms. The molecule has 17 heavy (non-hydrogen) atoms. The molecule has 0 aromatic heterocycles. The predicted octanol–water partition coefficient (Wildman–Crippen LogP) is 0.718. The molecule has 1 aromatic rings. The summed E-state index contributed by atoms with van der Waals surface area (Å²) >= 11 is 0. The Bertz CT molecular complexity index is 367. The smallest absolute Gasteiger partial charge is 0.248 e.